The summed E-state index contributed by atoms with van der Waals surface area (Å²) in [5, 5.41) is 5.67. The molecule has 4 aromatic carbocycles. The van der Waals surface area contributed by atoms with Crippen LogP contribution < -0.4 is 15.5 Å². The van der Waals surface area contributed by atoms with Crippen LogP contribution >= 0.6 is 0 Å². The predicted octanol–water partition coefficient (Wildman–Crippen LogP) is 5.22. The van der Waals surface area contributed by atoms with Crippen LogP contribution in [-0.2, 0) is 11.2 Å². The number of benzodiazepines with no additional fused rings is 1. The first-order valence-corrected chi connectivity index (χ1v) is 11.9. The Labute approximate surface area is 209 Å². The molecule has 1 heterocycles. The van der Waals surface area contributed by atoms with E-state index >= 15 is 0 Å². The lowest BCUT2D eigenvalue weighted by atomic mass is 10.0. The summed E-state index contributed by atoms with van der Waals surface area (Å²) in [4.78, 5) is 32.6. The average Bonchev–Trinajstić information content (AvgIpc) is 3.24. The topological polar surface area (TPSA) is 73.8 Å². The number of likely N-dealkylation sites (N-methyl/N-ethyl adjacent to an activating group) is 1. The molecule has 2 aliphatic rings. The van der Waals surface area contributed by atoms with Crippen molar-refractivity contribution in [3.05, 3.63) is 119 Å². The van der Waals surface area contributed by atoms with Crippen LogP contribution in [0.15, 0.2) is 102 Å². The van der Waals surface area contributed by atoms with E-state index in [1.807, 2.05) is 84.9 Å². The Morgan fingerprint density at radius 3 is 2.36 bits per heavy atom. The summed E-state index contributed by atoms with van der Waals surface area (Å²) in [5.41, 5.74) is 8.65. The highest BCUT2D eigenvalue weighted by atomic mass is 16.2. The molecule has 2 N–H and O–H groups in total. The number of benzene rings is 4. The summed E-state index contributed by atoms with van der Waals surface area (Å²) < 4.78 is 0. The van der Waals surface area contributed by atoms with Gasteiger partial charge >= 0.3 is 6.03 Å². The first-order chi connectivity index (χ1) is 17.6. The summed E-state index contributed by atoms with van der Waals surface area (Å²) in [6.07, 6.45) is -0.242. The minimum atomic E-state index is -1.07. The zero-order valence-electron chi connectivity index (χ0n) is 19.7. The fourth-order valence-corrected chi connectivity index (χ4v) is 4.96. The second-order valence-electron chi connectivity index (χ2n) is 8.96. The van der Waals surface area contributed by atoms with Gasteiger partial charge in [0.05, 0.1) is 11.4 Å². The van der Waals surface area contributed by atoms with Crippen molar-refractivity contribution in [2.45, 2.75) is 12.6 Å². The minimum Gasteiger partial charge on any atom is -0.311 e. The highest BCUT2D eigenvalue weighted by Crippen LogP contribution is 2.37. The smallest absolute Gasteiger partial charge is 0.311 e. The van der Waals surface area contributed by atoms with Crippen LogP contribution in [0.4, 0.5) is 16.2 Å². The molecule has 0 spiro atoms. The largest absolute Gasteiger partial charge is 0.321 e. The van der Waals surface area contributed by atoms with E-state index in [1.54, 1.807) is 11.9 Å². The van der Waals surface area contributed by atoms with Crippen LogP contribution in [0.2, 0.25) is 0 Å². The van der Waals surface area contributed by atoms with Gasteiger partial charge in [0.2, 0.25) is 6.17 Å². The second kappa shape index (κ2) is 8.82. The van der Waals surface area contributed by atoms with Crippen LogP contribution in [0, 0.1) is 0 Å². The Kier molecular flexibility index (Phi) is 5.34. The first kappa shape index (κ1) is 21.8. The van der Waals surface area contributed by atoms with Gasteiger partial charge in [0, 0.05) is 23.9 Å². The van der Waals surface area contributed by atoms with Crippen molar-refractivity contribution in [3.63, 3.8) is 0 Å². The van der Waals surface area contributed by atoms with Crippen molar-refractivity contribution in [3.8, 4) is 11.1 Å². The molecule has 0 bridgehead atoms. The number of urea groups is 1. The number of nitrogens with one attached hydrogen (secondary N) is 2. The van der Waals surface area contributed by atoms with E-state index in [2.05, 4.69) is 22.8 Å². The lowest BCUT2D eigenvalue weighted by Gasteiger charge is -2.21. The number of amides is 3. The molecule has 3 amide bonds. The minimum absolute atomic E-state index is 0.312. The lowest BCUT2D eigenvalue weighted by Crippen LogP contribution is -2.47. The SMILES string of the molecule is CN1C(=O)[C@@H](NC(=O)Nc2ccc3c(c2)Cc2ccccc2-3)N=C(c2ccccc2)c2ccccc21. The molecule has 6 rings (SSSR count). The Bertz CT molecular complexity index is 1530. The number of carbonyl (C=O) groups is 2. The van der Waals surface area contributed by atoms with E-state index in [9.17, 15) is 9.59 Å². The van der Waals surface area contributed by atoms with Gasteiger partial charge in [-0.2, -0.15) is 0 Å². The zero-order valence-corrected chi connectivity index (χ0v) is 19.7. The number of hydrogen-bond donors (Lipinski definition) is 2. The summed E-state index contributed by atoms with van der Waals surface area (Å²) in [5.74, 6) is -0.312. The van der Waals surface area contributed by atoms with Gasteiger partial charge in [-0.25, -0.2) is 9.79 Å². The van der Waals surface area contributed by atoms with Gasteiger partial charge in [0.15, 0.2) is 0 Å². The Balaban J connectivity index is 1.27. The normalized spacial score (nSPS) is 15.8. The van der Waals surface area contributed by atoms with Gasteiger partial charge in [-0.05, 0) is 46.9 Å². The summed E-state index contributed by atoms with van der Waals surface area (Å²) in [6, 6.07) is 31.1. The van der Waals surface area contributed by atoms with Gasteiger partial charge in [-0.1, -0.05) is 78.9 Å². The summed E-state index contributed by atoms with van der Waals surface area (Å²) >= 11 is 0. The fourth-order valence-electron chi connectivity index (χ4n) is 4.96. The van der Waals surface area contributed by atoms with Crippen molar-refractivity contribution in [2.24, 2.45) is 4.99 Å². The molecule has 0 saturated heterocycles. The van der Waals surface area contributed by atoms with Gasteiger partial charge in [0.25, 0.3) is 5.91 Å². The molecule has 0 radical (unpaired) electrons. The highest BCUT2D eigenvalue weighted by molar-refractivity contribution is 6.20. The first-order valence-electron chi connectivity index (χ1n) is 11.9. The van der Waals surface area contributed by atoms with Crippen LogP contribution in [-0.4, -0.2) is 30.9 Å². The molecular formula is C30H24N4O2. The van der Waals surface area contributed by atoms with E-state index < -0.39 is 12.2 Å². The molecule has 0 saturated carbocycles. The van der Waals surface area contributed by atoms with E-state index in [-0.39, 0.29) is 5.91 Å². The van der Waals surface area contributed by atoms with Crippen molar-refractivity contribution >= 4 is 29.0 Å². The molecule has 6 heteroatoms. The van der Waals surface area contributed by atoms with Crippen LogP contribution in [0.25, 0.3) is 11.1 Å². The number of para-hydroxylation sites is 1. The van der Waals surface area contributed by atoms with E-state index in [0.29, 0.717) is 11.4 Å². The summed E-state index contributed by atoms with van der Waals surface area (Å²) in [7, 11) is 1.70. The summed E-state index contributed by atoms with van der Waals surface area (Å²) in [6.45, 7) is 0. The number of hydrogen-bond acceptors (Lipinski definition) is 3. The Hall–Kier alpha value is -4.71. The maximum absolute atomic E-state index is 13.3. The number of fused-ring (bicyclic) bond motifs is 4. The number of anilines is 2. The lowest BCUT2D eigenvalue weighted by molar-refractivity contribution is -0.119. The molecule has 1 aliphatic carbocycles. The van der Waals surface area contributed by atoms with Crippen LogP contribution in [0.1, 0.15) is 22.3 Å². The molecule has 1 aliphatic heterocycles. The molecule has 0 fully saturated rings. The van der Waals surface area contributed by atoms with Crippen LogP contribution in [0.3, 0.4) is 0 Å². The maximum Gasteiger partial charge on any atom is 0.321 e. The highest BCUT2D eigenvalue weighted by Gasteiger charge is 2.31. The Morgan fingerprint density at radius 1 is 0.833 bits per heavy atom. The number of nitrogens with zero attached hydrogens (tertiary/aromatic N) is 2. The molecule has 176 valence electrons. The van der Waals surface area contributed by atoms with Gasteiger partial charge in [-0.3, -0.25) is 4.79 Å². The number of rotatable bonds is 3. The van der Waals surface area contributed by atoms with Crippen LogP contribution in [0.5, 0.6) is 0 Å². The van der Waals surface area contributed by atoms with Crippen molar-refractivity contribution in [1.29, 1.82) is 0 Å². The van der Waals surface area contributed by atoms with Crippen molar-refractivity contribution in [1.82, 2.24) is 5.32 Å². The van der Waals surface area contributed by atoms with Gasteiger partial charge in [0.1, 0.15) is 0 Å². The third-order valence-corrected chi connectivity index (χ3v) is 6.71. The standard InChI is InChI=1S/C30H24N4O2/c1-34-26-14-8-7-13-25(26)27(19-9-3-2-4-10-19)32-28(29(34)35)33-30(36)31-22-15-16-24-21(18-22)17-20-11-5-6-12-23(20)24/h2-16,18,28H,17H2,1H3,(H2,31,33,36)/t28-/m1/s1. The maximum atomic E-state index is 13.3. The number of aliphatic imine (C=N–C) groups is 1. The van der Waals surface area contributed by atoms with Gasteiger partial charge in [-0.15, -0.1) is 0 Å². The third-order valence-electron chi connectivity index (χ3n) is 6.71. The van der Waals surface area contributed by atoms with E-state index in [0.717, 1.165) is 23.2 Å². The van der Waals surface area contributed by atoms with Gasteiger partial charge < -0.3 is 15.5 Å². The van der Waals surface area contributed by atoms with Crippen molar-refractivity contribution < 1.29 is 9.59 Å². The molecule has 0 unspecified atom stereocenters. The van der Waals surface area contributed by atoms with Crippen molar-refractivity contribution in [2.75, 3.05) is 17.3 Å². The van der Waals surface area contributed by atoms with E-state index in [1.165, 1.54) is 22.3 Å². The Morgan fingerprint density at radius 2 is 1.53 bits per heavy atom. The molecule has 6 nitrogen and oxygen atoms in total. The number of carbonyl (C=O) groups excluding carboxylic acids is 2. The molecule has 0 aromatic heterocycles. The molecule has 36 heavy (non-hydrogen) atoms. The average molecular weight is 473 g/mol. The quantitative estimate of drug-likeness (QED) is 0.378. The molecular weight excluding hydrogens is 448 g/mol. The predicted molar refractivity (Wildman–Crippen MR) is 143 cm³/mol. The zero-order chi connectivity index (χ0) is 24.6. The molecule has 1 atom stereocenters. The monoisotopic (exact) mass is 472 g/mol. The second-order valence-corrected chi connectivity index (χ2v) is 8.96. The van der Waals surface area contributed by atoms with E-state index in [4.69, 9.17) is 4.99 Å². The fraction of sp³-hybridized carbons (Fsp3) is 0.100. The molecule has 4 aromatic rings. The third kappa shape index (κ3) is 3.82.